The van der Waals surface area contributed by atoms with E-state index in [0.29, 0.717) is 32.5 Å². The summed E-state index contributed by atoms with van der Waals surface area (Å²) in [6.07, 6.45) is 0.216. The fourth-order valence-corrected chi connectivity index (χ4v) is 2.75. The molecule has 2 aromatic carbocycles. The van der Waals surface area contributed by atoms with Gasteiger partial charge in [-0.05, 0) is 24.8 Å². The number of hydrogen-bond donors (Lipinski definition) is 4. The van der Waals surface area contributed by atoms with Gasteiger partial charge in [-0.25, -0.2) is 0 Å². The van der Waals surface area contributed by atoms with Gasteiger partial charge in [-0.1, -0.05) is 36.4 Å². The number of amides is 1. The Balaban J connectivity index is 1.66. The van der Waals surface area contributed by atoms with E-state index in [1.165, 1.54) is 0 Å². The SMILES string of the molecule is CN(CCC(C)(N)N)C(=O)CCNCC(O)COc1cccc2ccccc12. The summed E-state index contributed by atoms with van der Waals surface area (Å²) >= 11 is 0. The van der Waals surface area contributed by atoms with Gasteiger partial charge in [0, 0.05) is 38.5 Å². The van der Waals surface area contributed by atoms with Gasteiger partial charge in [0.1, 0.15) is 18.5 Å². The number of benzene rings is 2. The molecule has 0 aromatic heterocycles. The molecule has 6 N–H and O–H groups in total. The second-order valence-corrected chi connectivity index (χ2v) is 7.47. The molecular formula is C21H32N4O3. The molecule has 1 unspecified atom stereocenters. The van der Waals surface area contributed by atoms with Gasteiger partial charge in [0.2, 0.25) is 5.91 Å². The summed E-state index contributed by atoms with van der Waals surface area (Å²) < 4.78 is 5.77. The maximum atomic E-state index is 12.1. The molecule has 7 nitrogen and oxygen atoms in total. The van der Waals surface area contributed by atoms with Gasteiger partial charge >= 0.3 is 0 Å². The first-order valence-corrected chi connectivity index (χ1v) is 9.57. The number of nitrogens with zero attached hydrogens (tertiary/aromatic N) is 1. The van der Waals surface area contributed by atoms with E-state index in [1.807, 2.05) is 42.5 Å². The third-order valence-electron chi connectivity index (χ3n) is 4.49. The Kier molecular flexibility index (Phi) is 8.19. The third kappa shape index (κ3) is 7.44. The molecule has 0 fully saturated rings. The van der Waals surface area contributed by atoms with Crippen LogP contribution in [0.5, 0.6) is 5.75 Å². The highest BCUT2D eigenvalue weighted by atomic mass is 16.5. The van der Waals surface area contributed by atoms with Crippen LogP contribution in [0.15, 0.2) is 42.5 Å². The number of rotatable bonds is 11. The van der Waals surface area contributed by atoms with E-state index in [2.05, 4.69) is 5.32 Å². The Morgan fingerprint density at radius 2 is 1.96 bits per heavy atom. The molecule has 1 atom stereocenters. The number of carbonyl (C=O) groups is 1. The van der Waals surface area contributed by atoms with Gasteiger partial charge in [-0.2, -0.15) is 0 Å². The van der Waals surface area contributed by atoms with Gasteiger partial charge < -0.3 is 31.5 Å². The molecule has 0 heterocycles. The molecule has 0 saturated heterocycles. The maximum absolute atomic E-state index is 12.1. The van der Waals surface area contributed by atoms with Crippen molar-refractivity contribution in [1.82, 2.24) is 10.2 Å². The minimum absolute atomic E-state index is 0.0123. The van der Waals surface area contributed by atoms with Crippen LogP contribution in [0.1, 0.15) is 19.8 Å². The monoisotopic (exact) mass is 388 g/mol. The largest absolute Gasteiger partial charge is 0.490 e. The van der Waals surface area contributed by atoms with E-state index in [0.717, 1.165) is 16.5 Å². The highest BCUT2D eigenvalue weighted by molar-refractivity contribution is 5.88. The first-order valence-electron chi connectivity index (χ1n) is 9.57. The van der Waals surface area contributed by atoms with Crippen LogP contribution in [0.4, 0.5) is 0 Å². The molecule has 0 aliphatic heterocycles. The van der Waals surface area contributed by atoms with Crippen LogP contribution in [0, 0.1) is 0 Å². The van der Waals surface area contributed by atoms with Gasteiger partial charge in [-0.15, -0.1) is 0 Å². The zero-order valence-electron chi connectivity index (χ0n) is 16.7. The standard InChI is InChI=1S/C21H32N4O3/c1-21(22,23)11-13-25(2)20(27)10-12-24-14-17(26)15-28-19-9-5-7-16-6-3-4-8-18(16)19/h3-9,17,24,26H,10-15,22-23H2,1-2H3. The van der Waals surface area contributed by atoms with Crippen molar-refractivity contribution in [2.24, 2.45) is 11.5 Å². The third-order valence-corrected chi connectivity index (χ3v) is 4.49. The van der Waals surface area contributed by atoms with Gasteiger partial charge in [0.25, 0.3) is 0 Å². The fourth-order valence-electron chi connectivity index (χ4n) is 2.75. The topological polar surface area (TPSA) is 114 Å². The minimum Gasteiger partial charge on any atom is -0.490 e. The lowest BCUT2D eigenvalue weighted by molar-refractivity contribution is -0.130. The highest BCUT2D eigenvalue weighted by Crippen LogP contribution is 2.25. The zero-order chi connectivity index (χ0) is 20.6. The second-order valence-electron chi connectivity index (χ2n) is 7.47. The van der Waals surface area contributed by atoms with Crippen LogP contribution in [-0.4, -0.2) is 61.0 Å². The molecule has 0 aliphatic carbocycles. The number of ether oxygens (including phenoxy) is 1. The van der Waals surface area contributed by atoms with Crippen LogP contribution in [0.3, 0.4) is 0 Å². The van der Waals surface area contributed by atoms with E-state index < -0.39 is 11.8 Å². The van der Waals surface area contributed by atoms with Gasteiger partial charge in [0.05, 0.1) is 5.66 Å². The van der Waals surface area contributed by atoms with Crippen LogP contribution in [0.25, 0.3) is 10.8 Å². The molecule has 0 radical (unpaired) electrons. The normalized spacial score (nSPS) is 12.8. The Morgan fingerprint density at radius 3 is 2.71 bits per heavy atom. The molecule has 2 aromatic rings. The van der Waals surface area contributed by atoms with Crippen LogP contribution < -0.4 is 21.5 Å². The summed E-state index contributed by atoms with van der Waals surface area (Å²) in [6, 6.07) is 13.8. The lowest BCUT2D eigenvalue weighted by Gasteiger charge is -2.23. The maximum Gasteiger partial charge on any atom is 0.223 e. The quantitative estimate of drug-likeness (QED) is 0.338. The van der Waals surface area contributed by atoms with E-state index in [4.69, 9.17) is 16.2 Å². The van der Waals surface area contributed by atoms with E-state index in [9.17, 15) is 9.90 Å². The van der Waals surface area contributed by atoms with Crippen molar-refractivity contribution in [3.8, 4) is 5.75 Å². The molecule has 0 saturated carbocycles. The molecule has 2 rings (SSSR count). The second kappa shape index (κ2) is 10.4. The fraction of sp³-hybridized carbons (Fsp3) is 0.476. The van der Waals surface area contributed by atoms with Crippen molar-refractivity contribution in [2.75, 3.05) is 33.3 Å². The van der Waals surface area contributed by atoms with Crippen molar-refractivity contribution >= 4 is 16.7 Å². The average molecular weight is 389 g/mol. The van der Waals surface area contributed by atoms with Crippen molar-refractivity contribution in [3.05, 3.63) is 42.5 Å². The molecule has 154 valence electrons. The van der Waals surface area contributed by atoms with E-state index in [-0.39, 0.29) is 12.5 Å². The lowest BCUT2D eigenvalue weighted by Crippen LogP contribution is -2.48. The number of hydrogen-bond acceptors (Lipinski definition) is 6. The average Bonchev–Trinajstić information content (AvgIpc) is 2.67. The molecule has 1 amide bonds. The summed E-state index contributed by atoms with van der Waals surface area (Å²) in [4.78, 5) is 13.7. The first kappa shape index (κ1) is 22.1. The van der Waals surface area contributed by atoms with Gasteiger partial charge in [0.15, 0.2) is 0 Å². The summed E-state index contributed by atoms with van der Waals surface area (Å²) in [5.74, 6) is 0.763. The predicted molar refractivity (Wildman–Crippen MR) is 112 cm³/mol. The molecule has 0 spiro atoms. The first-order chi connectivity index (χ1) is 13.3. The minimum atomic E-state index is -0.777. The number of aliphatic hydroxyl groups excluding tert-OH is 1. The van der Waals surface area contributed by atoms with Crippen LogP contribution in [-0.2, 0) is 4.79 Å². The summed E-state index contributed by atoms with van der Waals surface area (Å²) in [6.45, 7) is 3.27. The number of nitrogens with two attached hydrogens (primary N) is 2. The van der Waals surface area contributed by atoms with E-state index >= 15 is 0 Å². The molecule has 0 bridgehead atoms. The molecule has 28 heavy (non-hydrogen) atoms. The smallest absolute Gasteiger partial charge is 0.223 e. The summed E-state index contributed by atoms with van der Waals surface area (Å²) in [5.41, 5.74) is 10.7. The lowest BCUT2D eigenvalue weighted by atomic mass is 10.1. The summed E-state index contributed by atoms with van der Waals surface area (Å²) in [5, 5.41) is 15.3. The molecular weight excluding hydrogens is 356 g/mol. The van der Waals surface area contributed by atoms with Crippen molar-refractivity contribution in [2.45, 2.75) is 31.5 Å². The molecule has 7 heteroatoms. The van der Waals surface area contributed by atoms with E-state index in [1.54, 1.807) is 18.9 Å². The molecule has 0 aliphatic rings. The predicted octanol–water partition coefficient (Wildman–Crippen LogP) is 1.04. The Labute approximate surface area is 166 Å². The number of carbonyl (C=O) groups excluding carboxylic acids is 1. The number of nitrogens with one attached hydrogen (secondary N) is 1. The van der Waals surface area contributed by atoms with Crippen LogP contribution in [0.2, 0.25) is 0 Å². The van der Waals surface area contributed by atoms with Gasteiger partial charge in [-0.3, -0.25) is 4.79 Å². The number of fused-ring (bicyclic) bond motifs is 1. The Bertz CT molecular complexity index is 755. The zero-order valence-corrected chi connectivity index (χ0v) is 16.7. The Morgan fingerprint density at radius 1 is 1.25 bits per heavy atom. The highest BCUT2D eigenvalue weighted by Gasteiger charge is 2.15. The van der Waals surface area contributed by atoms with Crippen molar-refractivity contribution < 1.29 is 14.6 Å². The Hall–Kier alpha value is -2.19. The van der Waals surface area contributed by atoms with Crippen molar-refractivity contribution in [1.29, 1.82) is 0 Å². The number of aliphatic hydroxyl groups is 1. The summed E-state index contributed by atoms with van der Waals surface area (Å²) in [7, 11) is 1.74. The van der Waals surface area contributed by atoms with Crippen molar-refractivity contribution in [3.63, 3.8) is 0 Å². The van der Waals surface area contributed by atoms with Crippen LogP contribution >= 0.6 is 0 Å².